The third-order valence-electron chi connectivity index (χ3n) is 17.7. The number of carbonyl (C=O) groups is 12. The van der Waals surface area contributed by atoms with Gasteiger partial charge in [-0.15, -0.1) is 0 Å². The van der Waals surface area contributed by atoms with Crippen LogP contribution >= 0.6 is 12.6 Å². The largest absolute Gasteiger partial charge is 0.481 e. The molecule has 1 heterocycles. The van der Waals surface area contributed by atoms with Crippen molar-refractivity contribution in [2.45, 2.75) is 216 Å². The molecule has 5 rings (SSSR count). The molecule has 15 N–H and O–H groups in total. The van der Waals surface area contributed by atoms with Gasteiger partial charge in [-0.2, -0.15) is 12.6 Å². The van der Waals surface area contributed by atoms with Crippen molar-refractivity contribution in [3.05, 3.63) is 71.8 Å². The second kappa shape index (κ2) is 37.8. The maximum Gasteiger partial charge on any atom is 0.305 e. The first kappa shape index (κ1) is 75.1. The predicted octanol–water partition coefficient (Wildman–Crippen LogP) is 1.80. The molecule has 10 amide bonds. The highest BCUT2D eigenvalue weighted by atomic mass is 32.1. The first-order chi connectivity index (χ1) is 43.8. The SMILES string of the molecule is CC[C@H](C)[C@H](NC(=O)[C@@H](NC(=O)[C@H](CCC(=O)O)NC(=O)[C@@H](N)CC(=O)O)C(c1ccccc1)c1ccccc1)C(=O)N[C@@H](CC1CCCCC1)C(=O)N[C@@H](CS)C(=O)N1CCC[C@H]1C(=O)N[C@@H](CC1CCCCC1)C(=O)N[C@@H](CO)C(=O)N[C@@H](CC(C)C)C(N)=O. The molecule has 508 valence electrons. The summed E-state index contributed by atoms with van der Waals surface area (Å²) in [5, 5.41) is 50.8. The lowest BCUT2D eigenvalue weighted by molar-refractivity contribution is -0.142. The van der Waals surface area contributed by atoms with Crippen molar-refractivity contribution in [3.8, 4) is 0 Å². The molecule has 3 aliphatic rings. The lowest BCUT2D eigenvalue weighted by atomic mass is 9.83. The van der Waals surface area contributed by atoms with Crippen LogP contribution in [0.1, 0.15) is 167 Å². The quantitative estimate of drug-likeness (QED) is 0.0433. The maximum absolute atomic E-state index is 15.3. The zero-order valence-corrected chi connectivity index (χ0v) is 54.2. The summed E-state index contributed by atoms with van der Waals surface area (Å²) < 4.78 is 0. The van der Waals surface area contributed by atoms with Crippen molar-refractivity contribution < 1.29 is 72.9 Å². The van der Waals surface area contributed by atoms with Crippen LogP contribution in [0.4, 0.5) is 0 Å². The van der Waals surface area contributed by atoms with E-state index in [0.29, 0.717) is 24.0 Å². The molecule has 1 aliphatic heterocycles. The normalized spacial score (nSPS) is 18.6. The predicted molar refractivity (Wildman–Crippen MR) is 343 cm³/mol. The van der Waals surface area contributed by atoms with Crippen LogP contribution in [-0.2, 0) is 57.5 Å². The highest BCUT2D eigenvalue weighted by molar-refractivity contribution is 7.80. The second-order valence-electron chi connectivity index (χ2n) is 25.2. The van der Waals surface area contributed by atoms with Crippen molar-refractivity contribution in [1.29, 1.82) is 0 Å². The number of carboxylic acids is 2. The van der Waals surface area contributed by atoms with Gasteiger partial charge in [0.2, 0.25) is 59.1 Å². The number of primary amides is 1. The van der Waals surface area contributed by atoms with Crippen molar-refractivity contribution in [1.82, 2.24) is 47.4 Å². The molecule has 0 aromatic heterocycles. The Balaban J connectivity index is 1.41. The summed E-state index contributed by atoms with van der Waals surface area (Å²) in [7, 11) is 0. The number of aliphatic hydroxyl groups excluding tert-OH is 1. The van der Waals surface area contributed by atoms with Crippen molar-refractivity contribution >= 4 is 83.6 Å². The number of nitrogens with one attached hydrogen (secondary N) is 8. The molecule has 2 aliphatic carbocycles. The van der Waals surface area contributed by atoms with Gasteiger partial charge >= 0.3 is 11.9 Å². The average Bonchev–Trinajstić information content (AvgIpc) is 1.18. The Kier molecular flexibility index (Phi) is 30.8. The molecule has 27 heteroatoms. The van der Waals surface area contributed by atoms with E-state index < -0.39 is 169 Å². The van der Waals surface area contributed by atoms with Crippen LogP contribution < -0.4 is 54.0 Å². The fourth-order valence-electron chi connectivity index (χ4n) is 12.4. The second-order valence-corrected chi connectivity index (χ2v) is 25.6. The molecule has 0 spiro atoms. The number of benzene rings is 2. The van der Waals surface area contributed by atoms with E-state index in [-0.39, 0.29) is 55.7 Å². The van der Waals surface area contributed by atoms with Gasteiger partial charge < -0.3 is 74.2 Å². The van der Waals surface area contributed by atoms with Gasteiger partial charge in [0.15, 0.2) is 0 Å². The van der Waals surface area contributed by atoms with Crippen LogP contribution in [0.3, 0.4) is 0 Å². The molecule has 11 atom stereocenters. The van der Waals surface area contributed by atoms with Gasteiger partial charge in [0, 0.05) is 24.6 Å². The molecule has 1 saturated heterocycles. The number of likely N-dealkylation sites (tertiary alicyclic amines) is 1. The molecule has 2 saturated carbocycles. The molecular weight excluding hydrogens is 1210 g/mol. The lowest BCUT2D eigenvalue weighted by Gasteiger charge is -2.34. The van der Waals surface area contributed by atoms with Crippen LogP contribution in [0, 0.1) is 23.7 Å². The first-order valence-electron chi connectivity index (χ1n) is 32.4. The van der Waals surface area contributed by atoms with E-state index in [2.05, 4.69) is 55.2 Å². The third kappa shape index (κ3) is 23.2. The highest BCUT2D eigenvalue weighted by Gasteiger charge is 2.43. The zero-order valence-electron chi connectivity index (χ0n) is 53.3. The van der Waals surface area contributed by atoms with Crippen LogP contribution in [0.25, 0.3) is 0 Å². The number of hydrogen-bond donors (Lipinski definition) is 14. The minimum absolute atomic E-state index is 0.0263. The van der Waals surface area contributed by atoms with Gasteiger partial charge in [-0.1, -0.05) is 159 Å². The Morgan fingerprint density at radius 3 is 1.51 bits per heavy atom. The number of aliphatic carboxylic acids is 2. The van der Waals surface area contributed by atoms with Crippen LogP contribution in [0.2, 0.25) is 0 Å². The van der Waals surface area contributed by atoms with E-state index in [1.165, 1.54) is 4.90 Å². The first-order valence-corrected chi connectivity index (χ1v) is 33.0. The Morgan fingerprint density at radius 2 is 1.02 bits per heavy atom. The van der Waals surface area contributed by atoms with Crippen molar-refractivity contribution in [3.63, 3.8) is 0 Å². The van der Waals surface area contributed by atoms with E-state index in [1.54, 1.807) is 74.5 Å². The smallest absolute Gasteiger partial charge is 0.305 e. The number of carboxylic acid groups (broad SMARTS) is 2. The Labute approximate surface area is 543 Å². The number of thiol groups is 1. The number of amides is 10. The number of hydrogen-bond acceptors (Lipinski definition) is 15. The van der Waals surface area contributed by atoms with Gasteiger partial charge in [-0.05, 0) is 73.3 Å². The van der Waals surface area contributed by atoms with Gasteiger partial charge in [-0.3, -0.25) is 57.5 Å². The Bertz CT molecular complexity index is 2780. The fraction of sp³-hybridized carbons (Fsp3) is 0.631. The van der Waals surface area contributed by atoms with Crippen molar-refractivity contribution in [2.75, 3.05) is 18.9 Å². The zero-order chi connectivity index (χ0) is 67.6. The molecule has 2 aromatic carbocycles. The van der Waals surface area contributed by atoms with Crippen LogP contribution in [-0.4, -0.2) is 171 Å². The summed E-state index contributed by atoms with van der Waals surface area (Å²) in [5.74, 6) is -12.7. The molecule has 2 aromatic rings. The summed E-state index contributed by atoms with van der Waals surface area (Å²) >= 11 is 4.49. The van der Waals surface area contributed by atoms with E-state index in [9.17, 15) is 63.3 Å². The van der Waals surface area contributed by atoms with Crippen LogP contribution in [0.15, 0.2) is 60.7 Å². The topological polar surface area (TPSA) is 417 Å². The van der Waals surface area contributed by atoms with Gasteiger partial charge in [-0.25, -0.2) is 0 Å². The monoisotopic (exact) mass is 1300 g/mol. The van der Waals surface area contributed by atoms with Crippen LogP contribution in [0.5, 0.6) is 0 Å². The van der Waals surface area contributed by atoms with E-state index in [4.69, 9.17) is 11.5 Å². The molecule has 92 heavy (non-hydrogen) atoms. The number of carbonyl (C=O) groups excluding carboxylic acids is 10. The van der Waals surface area contributed by atoms with Gasteiger partial charge in [0.1, 0.15) is 54.4 Å². The standard InChI is InChI=1S/C65H97N11O15S/c1-5-38(4)54(74-64(90)55(53(41-23-14-8-15-24-41)42-25-16-9-17-26-42)75-58(84)44(28-29-51(78)79)68-57(83)43(66)34-52(80)81)63(89)71-47(33-40-21-12-7-13-22-40)60(86)73-49(36-92)65(91)76-30-18-27-50(76)62(88)70-46(32-39-19-10-6-11-20-39)59(85)72-48(35-77)61(87)69-45(56(67)82)31-37(2)3/h8-9,14-17,23-26,37-40,43-50,53-55,77,92H,5-7,10-13,18-22,27-36,66H2,1-4H3,(H2,67,82)(H,68,83)(H,69,87)(H,70,88)(H,71,89)(H,72,85)(H,73,86)(H,74,90)(H,75,84)(H,78,79)(H,80,81)/t38-,43-,44-,45-,46-,47-,48-,49-,50-,54-,55-/m0/s1. The summed E-state index contributed by atoms with van der Waals surface area (Å²) in [4.78, 5) is 166. The summed E-state index contributed by atoms with van der Waals surface area (Å²) in [6.07, 6.45) is 8.16. The van der Waals surface area contributed by atoms with Gasteiger partial charge in [0.25, 0.3) is 0 Å². The molecular formula is C65H97N11O15S. The Morgan fingerprint density at radius 1 is 0.554 bits per heavy atom. The minimum Gasteiger partial charge on any atom is -0.481 e. The molecule has 0 unspecified atom stereocenters. The molecule has 0 bridgehead atoms. The lowest BCUT2D eigenvalue weighted by Crippen LogP contribution is -2.62. The average molecular weight is 1300 g/mol. The minimum atomic E-state index is -1.63. The number of nitrogens with two attached hydrogens (primary N) is 2. The summed E-state index contributed by atoms with van der Waals surface area (Å²) in [5.41, 5.74) is 12.5. The maximum atomic E-state index is 15.3. The summed E-state index contributed by atoms with van der Waals surface area (Å²) in [6.45, 7) is 6.45. The number of aliphatic hydroxyl groups is 1. The van der Waals surface area contributed by atoms with E-state index in [1.807, 2.05) is 13.8 Å². The molecule has 0 radical (unpaired) electrons. The van der Waals surface area contributed by atoms with E-state index >= 15 is 9.59 Å². The third-order valence-corrected chi connectivity index (χ3v) is 18.1. The number of rotatable bonds is 36. The highest BCUT2D eigenvalue weighted by Crippen LogP contribution is 2.32. The fourth-order valence-corrected chi connectivity index (χ4v) is 12.7. The molecule has 26 nitrogen and oxygen atoms in total. The van der Waals surface area contributed by atoms with Crippen molar-refractivity contribution in [2.24, 2.45) is 35.1 Å². The number of nitrogens with zero attached hydrogens (tertiary/aromatic N) is 1. The Hall–Kier alpha value is -7.65. The van der Waals surface area contributed by atoms with E-state index in [0.717, 1.165) is 64.2 Å². The summed E-state index contributed by atoms with van der Waals surface area (Å²) in [6, 6.07) is 3.62. The molecule has 3 fully saturated rings. The van der Waals surface area contributed by atoms with Gasteiger partial charge in [0.05, 0.1) is 19.1 Å².